The highest BCUT2D eigenvalue weighted by Gasteiger charge is 2.20. The third kappa shape index (κ3) is 2.59. The molecule has 0 bridgehead atoms. The van der Waals surface area contributed by atoms with Crippen molar-refractivity contribution in [2.75, 3.05) is 18.0 Å². The van der Waals surface area contributed by atoms with Crippen LogP contribution in [-0.4, -0.2) is 28.9 Å². The van der Waals surface area contributed by atoms with Crippen molar-refractivity contribution >= 4 is 21.6 Å². The molecular weight excluding hydrogens is 296 g/mol. The Labute approximate surface area is 115 Å². The van der Waals surface area contributed by atoms with Crippen LogP contribution in [0.15, 0.2) is 15.5 Å². The molecule has 0 aliphatic carbocycles. The first-order valence-electron chi connectivity index (χ1n) is 6.28. The second-order valence-electron chi connectivity index (χ2n) is 5.01. The highest BCUT2D eigenvalue weighted by atomic mass is 79.9. The molecule has 6 heteroatoms. The van der Waals surface area contributed by atoms with Crippen molar-refractivity contribution in [3.8, 4) is 0 Å². The molecule has 1 saturated heterocycles. The van der Waals surface area contributed by atoms with Crippen LogP contribution in [0.25, 0.3) is 0 Å². The summed E-state index contributed by atoms with van der Waals surface area (Å²) in [6, 6.07) is 0.349. The van der Waals surface area contributed by atoms with Crippen molar-refractivity contribution in [3.05, 3.63) is 21.0 Å². The molecule has 0 unspecified atom stereocenters. The fourth-order valence-electron chi connectivity index (χ4n) is 2.16. The van der Waals surface area contributed by atoms with Crippen LogP contribution in [0.4, 0.5) is 5.69 Å². The van der Waals surface area contributed by atoms with Crippen LogP contribution < -0.4 is 16.2 Å². The van der Waals surface area contributed by atoms with Crippen LogP contribution in [0.1, 0.15) is 32.7 Å². The summed E-state index contributed by atoms with van der Waals surface area (Å²) in [7, 11) is 0. The number of piperidine rings is 1. The van der Waals surface area contributed by atoms with E-state index in [1.54, 1.807) is 6.20 Å². The molecule has 100 valence electrons. The second-order valence-corrected chi connectivity index (χ2v) is 5.80. The minimum atomic E-state index is -0.0719. The molecule has 1 aromatic rings. The number of hydrogen-bond acceptors (Lipinski definition) is 4. The lowest BCUT2D eigenvalue weighted by atomic mass is 10.1. The summed E-state index contributed by atoms with van der Waals surface area (Å²) in [6.07, 6.45) is 3.68. The summed E-state index contributed by atoms with van der Waals surface area (Å²) in [5.41, 5.74) is 6.69. The number of aromatic nitrogens is 2. The molecule has 2 N–H and O–H groups in total. The minimum Gasteiger partial charge on any atom is -0.369 e. The normalized spacial score (nSPS) is 17.5. The van der Waals surface area contributed by atoms with E-state index in [1.807, 2.05) is 13.8 Å². The minimum absolute atomic E-state index is 0.0672. The number of anilines is 1. The lowest BCUT2D eigenvalue weighted by Crippen LogP contribution is -2.41. The molecule has 0 aromatic carbocycles. The average Bonchev–Trinajstić information content (AvgIpc) is 2.33. The fraction of sp³-hybridized carbons (Fsp3) is 0.667. The highest BCUT2D eigenvalue weighted by Crippen LogP contribution is 2.24. The van der Waals surface area contributed by atoms with E-state index < -0.39 is 0 Å². The molecule has 1 aromatic heterocycles. The van der Waals surface area contributed by atoms with Crippen molar-refractivity contribution < 1.29 is 0 Å². The van der Waals surface area contributed by atoms with E-state index in [4.69, 9.17) is 5.73 Å². The molecule has 0 spiro atoms. The lowest BCUT2D eigenvalue weighted by molar-refractivity contribution is 0.486. The van der Waals surface area contributed by atoms with Crippen LogP contribution in [0, 0.1) is 0 Å². The van der Waals surface area contributed by atoms with E-state index in [0.29, 0.717) is 4.47 Å². The van der Waals surface area contributed by atoms with Gasteiger partial charge >= 0.3 is 0 Å². The Bertz CT molecular complexity index is 477. The molecule has 18 heavy (non-hydrogen) atoms. The molecule has 2 rings (SSSR count). The van der Waals surface area contributed by atoms with Crippen LogP contribution in [0.2, 0.25) is 0 Å². The van der Waals surface area contributed by atoms with Crippen LogP contribution in [0.3, 0.4) is 0 Å². The standard InChI is InChI=1S/C12H19BrN4O/c1-8(2)17-12(18)11(13)10(7-15-17)16-5-3-9(14)4-6-16/h7-9H,3-6,14H2,1-2H3. The second kappa shape index (κ2) is 5.40. The van der Waals surface area contributed by atoms with Gasteiger partial charge in [-0.1, -0.05) is 0 Å². The predicted molar refractivity (Wildman–Crippen MR) is 76.0 cm³/mol. The smallest absolute Gasteiger partial charge is 0.283 e. The summed E-state index contributed by atoms with van der Waals surface area (Å²) in [6.45, 7) is 5.65. The summed E-state index contributed by atoms with van der Waals surface area (Å²) in [5, 5.41) is 4.23. The van der Waals surface area contributed by atoms with Gasteiger partial charge in [-0.05, 0) is 42.6 Å². The first kappa shape index (κ1) is 13.5. The largest absolute Gasteiger partial charge is 0.369 e. The number of hydrogen-bond donors (Lipinski definition) is 1. The number of nitrogens with zero attached hydrogens (tertiary/aromatic N) is 3. The van der Waals surface area contributed by atoms with Crippen molar-refractivity contribution in [1.82, 2.24) is 9.78 Å². The Morgan fingerprint density at radius 1 is 1.44 bits per heavy atom. The summed E-state index contributed by atoms with van der Waals surface area (Å²) < 4.78 is 2.09. The van der Waals surface area contributed by atoms with Gasteiger partial charge in [0.25, 0.3) is 5.56 Å². The first-order chi connectivity index (χ1) is 8.50. The molecule has 2 heterocycles. The van der Waals surface area contributed by atoms with Crippen molar-refractivity contribution in [1.29, 1.82) is 0 Å². The molecule has 0 radical (unpaired) electrons. The van der Waals surface area contributed by atoms with Gasteiger partial charge in [-0.15, -0.1) is 0 Å². The van der Waals surface area contributed by atoms with Crippen LogP contribution >= 0.6 is 15.9 Å². The third-order valence-corrected chi connectivity index (χ3v) is 4.04. The lowest BCUT2D eigenvalue weighted by Gasteiger charge is -2.32. The molecule has 1 aliphatic heterocycles. The maximum atomic E-state index is 12.1. The number of rotatable bonds is 2. The predicted octanol–water partition coefficient (Wildman–Crippen LogP) is 1.51. The topological polar surface area (TPSA) is 64.2 Å². The molecular formula is C12H19BrN4O. The van der Waals surface area contributed by atoms with Gasteiger partial charge in [0.1, 0.15) is 4.47 Å². The SMILES string of the molecule is CC(C)n1ncc(N2CCC(N)CC2)c(Br)c1=O. The molecule has 1 aliphatic rings. The molecule has 0 atom stereocenters. The maximum absolute atomic E-state index is 12.1. The van der Waals surface area contributed by atoms with Gasteiger partial charge in [0.05, 0.1) is 17.9 Å². The zero-order valence-corrected chi connectivity index (χ0v) is 12.4. The molecule has 0 saturated carbocycles. The van der Waals surface area contributed by atoms with E-state index in [0.717, 1.165) is 31.6 Å². The van der Waals surface area contributed by atoms with Crippen molar-refractivity contribution in [3.63, 3.8) is 0 Å². The van der Waals surface area contributed by atoms with Gasteiger partial charge < -0.3 is 10.6 Å². The maximum Gasteiger partial charge on any atom is 0.283 e. The molecule has 5 nitrogen and oxygen atoms in total. The number of halogens is 1. The Kier molecular flexibility index (Phi) is 4.07. The summed E-state index contributed by atoms with van der Waals surface area (Å²) in [5.74, 6) is 0. The van der Waals surface area contributed by atoms with E-state index in [2.05, 4.69) is 25.9 Å². The third-order valence-electron chi connectivity index (χ3n) is 3.29. The monoisotopic (exact) mass is 314 g/mol. The fourth-order valence-corrected chi connectivity index (χ4v) is 2.70. The van der Waals surface area contributed by atoms with E-state index >= 15 is 0 Å². The van der Waals surface area contributed by atoms with Crippen molar-refractivity contribution in [2.45, 2.75) is 38.8 Å². The Morgan fingerprint density at radius 3 is 2.61 bits per heavy atom. The van der Waals surface area contributed by atoms with Gasteiger partial charge in [0.15, 0.2) is 0 Å². The Hall–Kier alpha value is -0.880. The Balaban J connectivity index is 2.30. The van der Waals surface area contributed by atoms with Crippen LogP contribution in [-0.2, 0) is 0 Å². The first-order valence-corrected chi connectivity index (χ1v) is 7.08. The van der Waals surface area contributed by atoms with E-state index in [9.17, 15) is 4.79 Å². The van der Waals surface area contributed by atoms with Gasteiger partial charge in [-0.25, -0.2) is 4.68 Å². The zero-order valence-electron chi connectivity index (χ0n) is 10.8. The average molecular weight is 315 g/mol. The summed E-state index contributed by atoms with van der Waals surface area (Å²) in [4.78, 5) is 14.3. The van der Waals surface area contributed by atoms with Gasteiger partial charge in [-0.2, -0.15) is 5.10 Å². The van der Waals surface area contributed by atoms with Gasteiger partial charge in [0, 0.05) is 19.1 Å². The quantitative estimate of drug-likeness (QED) is 0.898. The van der Waals surface area contributed by atoms with Crippen LogP contribution in [0.5, 0.6) is 0 Å². The van der Waals surface area contributed by atoms with E-state index in [1.165, 1.54) is 4.68 Å². The highest BCUT2D eigenvalue weighted by molar-refractivity contribution is 9.10. The molecule has 0 amide bonds. The molecule has 1 fully saturated rings. The van der Waals surface area contributed by atoms with Gasteiger partial charge in [-0.3, -0.25) is 4.79 Å². The summed E-state index contributed by atoms with van der Waals surface area (Å²) >= 11 is 3.40. The van der Waals surface area contributed by atoms with Crippen molar-refractivity contribution in [2.24, 2.45) is 5.73 Å². The van der Waals surface area contributed by atoms with E-state index in [-0.39, 0.29) is 17.6 Å². The number of nitrogens with two attached hydrogens (primary N) is 1. The van der Waals surface area contributed by atoms with Gasteiger partial charge in [0.2, 0.25) is 0 Å². The Morgan fingerprint density at radius 2 is 2.06 bits per heavy atom. The zero-order chi connectivity index (χ0) is 13.3.